The lowest BCUT2D eigenvalue weighted by atomic mass is 9.53. The third kappa shape index (κ3) is 3.46. The number of esters is 1. The summed E-state index contributed by atoms with van der Waals surface area (Å²) in [5.41, 5.74) is 0.271. The van der Waals surface area contributed by atoms with E-state index in [0.29, 0.717) is 10.0 Å². The Morgan fingerprint density at radius 1 is 1.20 bits per heavy atom. The zero-order chi connectivity index (χ0) is 17.6. The number of halogens is 1. The minimum atomic E-state index is -0.806. The average molecular weight is 407 g/mol. The van der Waals surface area contributed by atoms with Crippen LogP contribution in [-0.2, 0) is 9.53 Å². The maximum atomic E-state index is 12.6. The number of ether oxygens (including phenoxy) is 1. The fraction of sp³-hybridized carbons (Fsp3) is 0.632. The number of hydrogen-bond donors (Lipinski definition) is 1. The fourth-order valence-electron chi connectivity index (χ4n) is 5.43. The van der Waals surface area contributed by atoms with E-state index in [-0.39, 0.29) is 11.4 Å². The molecule has 5 nitrogen and oxygen atoms in total. The van der Waals surface area contributed by atoms with Gasteiger partial charge in [0.15, 0.2) is 6.10 Å². The van der Waals surface area contributed by atoms with Crippen molar-refractivity contribution in [3.8, 4) is 0 Å². The van der Waals surface area contributed by atoms with Crippen molar-refractivity contribution in [2.45, 2.75) is 57.1 Å². The molecule has 1 atom stereocenters. The molecule has 1 aromatic rings. The molecule has 0 radical (unpaired) electrons. The molecule has 0 saturated heterocycles. The van der Waals surface area contributed by atoms with Crippen molar-refractivity contribution in [2.75, 3.05) is 0 Å². The monoisotopic (exact) mass is 406 g/mol. The Labute approximate surface area is 156 Å². The highest BCUT2D eigenvalue weighted by molar-refractivity contribution is 9.10. The van der Waals surface area contributed by atoms with Crippen LogP contribution in [0.4, 0.5) is 0 Å². The lowest BCUT2D eigenvalue weighted by molar-refractivity contribution is -0.134. The Hall–Kier alpha value is -1.43. The quantitative estimate of drug-likeness (QED) is 0.777. The summed E-state index contributed by atoms with van der Waals surface area (Å²) in [4.78, 5) is 28.8. The first-order valence-corrected chi connectivity index (χ1v) is 9.85. The second kappa shape index (κ2) is 6.38. The Kier molecular flexibility index (Phi) is 4.34. The Balaban J connectivity index is 1.39. The fourth-order valence-corrected chi connectivity index (χ4v) is 5.80. The summed E-state index contributed by atoms with van der Waals surface area (Å²) in [5, 5.41) is 3.25. The largest absolute Gasteiger partial charge is 0.449 e. The molecule has 4 fully saturated rings. The van der Waals surface area contributed by atoms with Crippen molar-refractivity contribution >= 4 is 27.8 Å². The van der Waals surface area contributed by atoms with Crippen LogP contribution in [0.1, 0.15) is 55.8 Å². The minimum absolute atomic E-state index is 0.0656. The standard InChI is InChI=1S/C19H23BrN2O3/c1-11(25-18(24)15-5-16(20)10-21-9-15)17(23)22-19-6-12-2-13(7-19)4-14(3-12)8-19/h5,9-14H,2-4,6-8H2,1H3,(H,22,23)/t11-,12?,13?,14?,19?/m1/s1. The van der Waals surface area contributed by atoms with Gasteiger partial charge in [0, 0.05) is 22.4 Å². The van der Waals surface area contributed by atoms with Gasteiger partial charge >= 0.3 is 5.97 Å². The lowest BCUT2D eigenvalue weighted by Gasteiger charge is -2.57. The second-order valence-corrected chi connectivity index (χ2v) is 9.04. The van der Waals surface area contributed by atoms with Gasteiger partial charge in [-0.1, -0.05) is 0 Å². The van der Waals surface area contributed by atoms with Gasteiger partial charge in [-0.05, 0) is 85.2 Å². The molecule has 0 aromatic carbocycles. The number of aromatic nitrogens is 1. The molecule has 134 valence electrons. The first-order chi connectivity index (χ1) is 11.9. The number of nitrogens with zero attached hydrogens (tertiary/aromatic N) is 1. The van der Waals surface area contributed by atoms with Crippen molar-refractivity contribution in [3.05, 3.63) is 28.5 Å². The summed E-state index contributed by atoms with van der Waals surface area (Å²) in [6.07, 6.45) is 9.47. The molecule has 6 heteroatoms. The molecular formula is C19H23BrN2O3. The normalized spacial score (nSPS) is 33.8. The van der Waals surface area contributed by atoms with Crippen molar-refractivity contribution in [3.63, 3.8) is 0 Å². The first kappa shape index (κ1) is 17.0. The van der Waals surface area contributed by atoms with E-state index in [1.54, 1.807) is 19.2 Å². The summed E-state index contributed by atoms with van der Waals surface area (Å²) in [6, 6.07) is 1.64. The summed E-state index contributed by atoms with van der Waals surface area (Å²) in [7, 11) is 0. The van der Waals surface area contributed by atoms with E-state index >= 15 is 0 Å². The van der Waals surface area contributed by atoms with Gasteiger partial charge < -0.3 is 10.1 Å². The molecule has 1 heterocycles. The van der Waals surface area contributed by atoms with Gasteiger partial charge in [-0.3, -0.25) is 9.78 Å². The van der Waals surface area contributed by atoms with Gasteiger partial charge in [-0.2, -0.15) is 0 Å². The zero-order valence-electron chi connectivity index (χ0n) is 14.3. The highest BCUT2D eigenvalue weighted by Crippen LogP contribution is 2.55. The molecule has 4 aliphatic rings. The SMILES string of the molecule is C[C@@H](OC(=O)c1cncc(Br)c1)C(=O)NC12CC3CC(CC(C3)C1)C2. The van der Waals surface area contributed by atoms with Crippen molar-refractivity contribution in [1.29, 1.82) is 0 Å². The van der Waals surface area contributed by atoms with Gasteiger partial charge in [-0.25, -0.2) is 4.79 Å². The molecule has 4 aliphatic carbocycles. The number of rotatable bonds is 4. The van der Waals surface area contributed by atoms with Gasteiger partial charge in [0.25, 0.3) is 5.91 Å². The van der Waals surface area contributed by atoms with E-state index in [1.165, 1.54) is 25.5 Å². The molecule has 0 aliphatic heterocycles. The van der Waals surface area contributed by atoms with Crippen LogP contribution in [-0.4, -0.2) is 28.5 Å². The summed E-state index contributed by atoms with van der Waals surface area (Å²) in [6.45, 7) is 1.64. The molecule has 0 unspecified atom stereocenters. The smallest absolute Gasteiger partial charge is 0.340 e. The number of amides is 1. The molecule has 0 spiro atoms. The van der Waals surface area contributed by atoms with Crippen LogP contribution < -0.4 is 5.32 Å². The van der Waals surface area contributed by atoms with E-state index in [9.17, 15) is 9.59 Å². The minimum Gasteiger partial charge on any atom is -0.449 e. The van der Waals surface area contributed by atoms with Crippen LogP contribution in [0.15, 0.2) is 22.9 Å². The maximum absolute atomic E-state index is 12.6. The van der Waals surface area contributed by atoms with E-state index in [4.69, 9.17) is 4.74 Å². The second-order valence-electron chi connectivity index (χ2n) is 8.13. The Morgan fingerprint density at radius 3 is 2.36 bits per heavy atom. The summed E-state index contributed by atoms with van der Waals surface area (Å²) < 4.78 is 6.06. The maximum Gasteiger partial charge on any atom is 0.340 e. The number of nitrogens with one attached hydrogen (secondary N) is 1. The third-order valence-corrected chi connectivity index (χ3v) is 6.45. The van der Waals surface area contributed by atoms with Gasteiger partial charge in [0.2, 0.25) is 0 Å². The topological polar surface area (TPSA) is 68.3 Å². The predicted octanol–water partition coefficient (Wildman–Crippen LogP) is 3.47. The van der Waals surface area contributed by atoms with Crippen LogP contribution in [0.2, 0.25) is 0 Å². The Bertz CT molecular complexity index is 670. The highest BCUT2D eigenvalue weighted by atomic mass is 79.9. The molecular weight excluding hydrogens is 384 g/mol. The molecule has 4 saturated carbocycles. The van der Waals surface area contributed by atoms with Crippen molar-refractivity contribution in [2.24, 2.45) is 17.8 Å². The predicted molar refractivity (Wildman–Crippen MR) is 95.9 cm³/mol. The molecule has 25 heavy (non-hydrogen) atoms. The van der Waals surface area contributed by atoms with Gasteiger partial charge in [0.05, 0.1) is 5.56 Å². The zero-order valence-corrected chi connectivity index (χ0v) is 15.9. The van der Waals surface area contributed by atoms with Crippen molar-refractivity contribution in [1.82, 2.24) is 10.3 Å². The van der Waals surface area contributed by atoms with Gasteiger partial charge in [-0.15, -0.1) is 0 Å². The number of hydrogen-bond acceptors (Lipinski definition) is 4. The molecule has 1 N–H and O–H groups in total. The van der Waals surface area contributed by atoms with E-state index in [1.807, 2.05) is 0 Å². The molecule has 1 aromatic heterocycles. The molecule has 5 rings (SSSR count). The van der Waals surface area contributed by atoms with Gasteiger partial charge in [0.1, 0.15) is 0 Å². The van der Waals surface area contributed by atoms with Crippen LogP contribution in [0.3, 0.4) is 0 Å². The molecule has 4 bridgehead atoms. The van der Waals surface area contributed by atoms with Crippen molar-refractivity contribution < 1.29 is 14.3 Å². The summed E-state index contributed by atoms with van der Waals surface area (Å²) in [5.74, 6) is 1.58. The summed E-state index contributed by atoms with van der Waals surface area (Å²) >= 11 is 3.28. The van der Waals surface area contributed by atoms with Crippen LogP contribution in [0.5, 0.6) is 0 Å². The third-order valence-electron chi connectivity index (χ3n) is 6.02. The van der Waals surface area contributed by atoms with Crippen LogP contribution in [0.25, 0.3) is 0 Å². The molecule has 1 amide bonds. The van der Waals surface area contributed by atoms with E-state index in [0.717, 1.165) is 37.0 Å². The average Bonchev–Trinajstić information content (AvgIpc) is 2.53. The van der Waals surface area contributed by atoms with E-state index < -0.39 is 12.1 Å². The number of carbonyl (C=O) groups is 2. The number of carbonyl (C=O) groups excluding carboxylic acids is 2. The Morgan fingerprint density at radius 2 is 1.80 bits per heavy atom. The van der Waals surface area contributed by atoms with E-state index in [2.05, 4.69) is 26.2 Å². The number of pyridine rings is 1. The van der Waals surface area contributed by atoms with Crippen LogP contribution >= 0.6 is 15.9 Å². The van der Waals surface area contributed by atoms with Crippen LogP contribution in [0, 0.1) is 17.8 Å². The lowest BCUT2D eigenvalue weighted by Crippen LogP contribution is -2.61. The highest BCUT2D eigenvalue weighted by Gasteiger charge is 2.51. The first-order valence-electron chi connectivity index (χ1n) is 9.06.